The highest BCUT2D eigenvalue weighted by Crippen LogP contribution is 2.54. The van der Waals surface area contributed by atoms with Crippen molar-refractivity contribution >= 4 is 29.4 Å². The number of hydrogen-bond donors (Lipinski definition) is 2. The molecule has 264 valence electrons. The number of likely N-dealkylation sites (tertiary alicyclic amines) is 1. The third kappa shape index (κ3) is 6.38. The van der Waals surface area contributed by atoms with Crippen molar-refractivity contribution in [3.63, 3.8) is 0 Å². The molecule has 51 heavy (non-hydrogen) atoms. The van der Waals surface area contributed by atoms with Gasteiger partial charge in [-0.2, -0.15) is 0 Å². The molecule has 7 atom stereocenters. The van der Waals surface area contributed by atoms with Crippen molar-refractivity contribution in [3.05, 3.63) is 125 Å². The maximum atomic E-state index is 15.1. The molecule has 0 aliphatic carbocycles. The number of benzene rings is 3. The van der Waals surface area contributed by atoms with E-state index in [2.05, 4.69) is 5.32 Å². The highest BCUT2D eigenvalue weighted by atomic mass is 16.6. The number of carbonyl (C=O) groups excluding carboxylic acids is 4. The van der Waals surface area contributed by atoms with Gasteiger partial charge < -0.3 is 29.7 Å². The Bertz CT molecular complexity index is 1860. The zero-order valence-corrected chi connectivity index (χ0v) is 28.8. The Morgan fingerprint density at radius 2 is 1.69 bits per heavy atom. The van der Waals surface area contributed by atoms with E-state index in [1.807, 2.05) is 98.8 Å². The summed E-state index contributed by atoms with van der Waals surface area (Å²) in [4.78, 5) is 60.5. The summed E-state index contributed by atoms with van der Waals surface area (Å²) in [5.74, 6) is -3.89. The van der Waals surface area contributed by atoms with Gasteiger partial charge in [-0.15, -0.1) is 0 Å². The fourth-order valence-electron chi connectivity index (χ4n) is 8.10. The van der Waals surface area contributed by atoms with Gasteiger partial charge in [0.25, 0.3) is 5.91 Å². The second kappa shape index (κ2) is 14.3. The van der Waals surface area contributed by atoms with Crippen LogP contribution in [0.5, 0.6) is 0 Å². The van der Waals surface area contributed by atoms with Crippen LogP contribution in [-0.4, -0.2) is 77.2 Å². The van der Waals surface area contributed by atoms with Crippen LogP contribution >= 0.6 is 0 Å². The first-order valence-electron chi connectivity index (χ1n) is 17.6. The van der Waals surface area contributed by atoms with Crippen LogP contribution in [0.15, 0.2) is 103 Å². The number of fused-ring (bicyclic) bond motifs is 2. The van der Waals surface area contributed by atoms with Gasteiger partial charge in [-0.1, -0.05) is 97.1 Å². The Hall–Kier alpha value is -5.06. The summed E-state index contributed by atoms with van der Waals surface area (Å²) in [6.45, 7) is 3.77. The number of nitrogens with one attached hydrogen (secondary N) is 1. The van der Waals surface area contributed by atoms with E-state index in [1.165, 1.54) is 4.90 Å². The number of aliphatic hydroxyl groups is 1. The lowest BCUT2D eigenvalue weighted by atomic mass is 9.77. The largest absolute Gasteiger partial charge is 0.455 e. The van der Waals surface area contributed by atoms with E-state index >= 15 is 9.59 Å². The van der Waals surface area contributed by atoms with Crippen LogP contribution in [-0.2, 0) is 35.1 Å². The predicted molar refractivity (Wildman–Crippen MR) is 190 cm³/mol. The molecule has 3 amide bonds. The van der Waals surface area contributed by atoms with Crippen LogP contribution in [0, 0.1) is 25.7 Å². The minimum atomic E-state index is -1.54. The van der Waals surface area contributed by atoms with Crippen molar-refractivity contribution in [1.82, 2.24) is 10.2 Å². The first-order valence-corrected chi connectivity index (χ1v) is 17.6. The Morgan fingerprint density at radius 1 is 0.941 bits per heavy atom. The van der Waals surface area contributed by atoms with Crippen LogP contribution in [0.25, 0.3) is 0 Å². The molecule has 4 aliphatic rings. The third-order valence-electron chi connectivity index (χ3n) is 10.6. The van der Waals surface area contributed by atoms with E-state index in [0.29, 0.717) is 17.7 Å². The molecule has 7 rings (SSSR count). The molecule has 0 aromatic heterocycles. The molecule has 3 aromatic carbocycles. The normalized spacial score (nSPS) is 29.1. The minimum Gasteiger partial charge on any atom is -0.455 e. The van der Waals surface area contributed by atoms with Crippen molar-refractivity contribution < 1.29 is 33.8 Å². The molecule has 0 saturated carbocycles. The number of anilines is 1. The molecule has 4 heterocycles. The first-order chi connectivity index (χ1) is 24.7. The van der Waals surface area contributed by atoms with Gasteiger partial charge in [0, 0.05) is 18.7 Å². The number of esters is 1. The minimum absolute atomic E-state index is 0.0574. The second-order valence-corrected chi connectivity index (χ2v) is 13.9. The second-order valence-electron chi connectivity index (χ2n) is 13.9. The van der Waals surface area contributed by atoms with Crippen molar-refractivity contribution in [2.45, 2.75) is 63.0 Å². The van der Waals surface area contributed by atoms with Crippen molar-refractivity contribution in [2.24, 2.45) is 11.8 Å². The van der Waals surface area contributed by atoms with E-state index < -0.39 is 60.2 Å². The van der Waals surface area contributed by atoms with Crippen molar-refractivity contribution in [2.75, 3.05) is 24.6 Å². The number of nitrogens with zero attached hydrogens (tertiary/aromatic N) is 2. The molecule has 2 N–H and O–H groups in total. The van der Waals surface area contributed by atoms with Crippen molar-refractivity contribution in [1.29, 1.82) is 0 Å². The molecular formula is C41H43N3O7. The molecular weight excluding hydrogens is 646 g/mol. The SMILES string of the molecule is Cc1ccc(C)c(N2CC=C[C@@]34O[C@H]5/C=C\CCC(=O)NC[C@H](c6ccccc6)OC(=O)[C@H]5[C@@H]3C(=O)N([C@@H](CO)Cc3ccccc3)[C@H]4C2=O)c1. The number of allylic oxidation sites excluding steroid dienone is 1. The number of cyclic esters (lactones) is 1. The topological polar surface area (TPSA) is 125 Å². The van der Waals surface area contributed by atoms with E-state index in [0.717, 1.165) is 16.7 Å². The van der Waals surface area contributed by atoms with Crippen molar-refractivity contribution in [3.8, 4) is 0 Å². The van der Waals surface area contributed by atoms with E-state index in [1.54, 1.807) is 23.1 Å². The number of rotatable bonds is 6. The molecule has 4 aliphatic heterocycles. The number of amides is 3. The van der Waals surface area contributed by atoms with Gasteiger partial charge in [0.05, 0.1) is 31.2 Å². The fourth-order valence-corrected chi connectivity index (χ4v) is 8.10. The number of ether oxygens (including phenoxy) is 2. The molecule has 1 spiro atoms. The van der Waals surface area contributed by atoms with Gasteiger partial charge >= 0.3 is 5.97 Å². The predicted octanol–water partition coefficient (Wildman–Crippen LogP) is 4.14. The number of aryl methyl sites for hydroxylation is 2. The molecule has 3 aromatic rings. The van der Waals surface area contributed by atoms with E-state index in [9.17, 15) is 14.7 Å². The van der Waals surface area contributed by atoms with Crippen LogP contribution in [0.1, 0.15) is 41.2 Å². The monoisotopic (exact) mass is 689 g/mol. The van der Waals surface area contributed by atoms with Gasteiger partial charge in [-0.3, -0.25) is 19.2 Å². The molecule has 0 unspecified atom stereocenters. The zero-order chi connectivity index (χ0) is 35.7. The van der Waals surface area contributed by atoms with Crippen LogP contribution in [0.4, 0.5) is 5.69 Å². The Morgan fingerprint density at radius 3 is 2.43 bits per heavy atom. The summed E-state index contributed by atoms with van der Waals surface area (Å²) in [7, 11) is 0. The molecule has 2 saturated heterocycles. The number of carbonyl (C=O) groups is 4. The highest BCUT2D eigenvalue weighted by molar-refractivity contribution is 6.06. The van der Waals surface area contributed by atoms with Crippen LogP contribution < -0.4 is 10.2 Å². The fraction of sp³-hybridized carbons (Fsp3) is 0.366. The van der Waals surface area contributed by atoms with Gasteiger partial charge in [0.2, 0.25) is 11.8 Å². The third-order valence-corrected chi connectivity index (χ3v) is 10.6. The van der Waals surface area contributed by atoms with Gasteiger partial charge in [0.1, 0.15) is 23.7 Å². The lowest BCUT2D eigenvalue weighted by molar-refractivity contribution is -0.160. The number of aliphatic hydroxyl groups excluding tert-OH is 1. The summed E-state index contributed by atoms with van der Waals surface area (Å²) < 4.78 is 13.1. The molecule has 10 nitrogen and oxygen atoms in total. The standard InChI is InChI=1S/C41H43N3O7/c1-26-18-19-27(2)31(22-26)43-21-11-20-41-36(38(47)44(37(41)39(43)48)30(25-45)23-28-12-5-3-6-13-28)35-32(51-41)16-9-10-17-34(46)42-24-33(50-40(35)49)29-14-7-4-8-15-29/h3-9,11-16,18-20,22,30,32-33,35-37,45H,10,17,21,23-25H2,1-2H3,(H,42,46)/b16-9-/t30-,32+,33-,35-,36-,37+,41-/m1/s1. The van der Waals surface area contributed by atoms with Gasteiger partial charge in [-0.25, -0.2) is 0 Å². The molecule has 0 bridgehead atoms. The van der Waals surface area contributed by atoms with Gasteiger partial charge in [-0.05, 0) is 55.0 Å². The average Bonchev–Trinajstić information content (AvgIpc) is 3.53. The first kappa shape index (κ1) is 34.4. The number of hydrogen-bond acceptors (Lipinski definition) is 7. The quantitative estimate of drug-likeness (QED) is 0.295. The van der Waals surface area contributed by atoms with E-state index in [-0.39, 0.29) is 37.7 Å². The summed E-state index contributed by atoms with van der Waals surface area (Å²) >= 11 is 0. The smallest absolute Gasteiger partial charge is 0.313 e. The Balaban J connectivity index is 1.35. The molecule has 10 heteroatoms. The lowest BCUT2D eigenvalue weighted by Gasteiger charge is -2.39. The summed E-state index contributed by atoms with van der Waals surface area (Å²) in [6.07, 6.45) is 6.29. The summed E-state index contributed by atoms with van der Waals surface area (Å²) in [5.41, 5.74) is 2.62. The Kier molecular flexibility index (Phi) is 9.63. The lowest BCUT2D eigenvalue weighted by Crippen LogP contribution is -2.58. The summed E-state index contributed by atoms with van der Waals surface area (Å²) in [6, 6.07) is 22.6. The molecule has 0 radical (unpaired) electrons. The zero-order valence-electron chi connectivity index (χ0n) is 28.8. The maximum Gasteiger partial charge on any atom is 0.313 e. The average molecular weight is 690 g/mol. The van der Waals surface area contributed by atoms with Crippen LogP contribution in [0.2, 0.25) is 0 Å². The summed E-state index contributed by atoms with van der Waals surface area (Å²) in [5, 5.41) is 13.8. The van der Waals surface area contributed by atoms with E-state index in [4.69, 9.17) is 9.47 Å². The van der Waals surface area contributed by atoms with Gasteiger partial charge in [0.15, 0.2) is 0 Å². The molecule has 2 fully saturated rings. The highest BCUT2D eigenvalue weighted by Gasteiger charge is 2.72. The Labute approximate surface area is 297 Å². The maximum absolute atomic E-state index is 15.1. The van der Waals surface area contributed by atoms with Crippen LogP contribution in [0.3, 0.4) is 0 Å².